The van der Waals surface area contributed by atoms with Crippen LogP contribution in [0.4, 0.5) is 5.69 Å². The van der Waals surface area contributed by atoms with E-state index >= 15 is 0 Å². The Morgan fingerprint density at radius 2 is 2.11 bits per heavy atom. The molecule has 104 valence electrons. The standard InChI is InChI=1S/C15H21NO3/c1-4-19-14(17)15(9-12(10-15)18-3)16-13-8-6-5-7-11(13)2/h5-8,12,16H,4,9-10H2,1-3H3. The van der Waals surface area contributed by atoms with E-state index in [0.29, 0.717) is 19.4 Å². The number of anilines is 1. The maximum atomic E-state index is 12.2. The lowest BCUT2D eigenvalue weighted by Gasteiger charge is -2.45. The minimum absolute atomic E-state index is 0.126. The van der Waals surface area contributed by atoms with E-state index in [1.54, 1.807) is 7.11 Å². The smallest absolute Gasteiger partial charge is 0.331 e. The summed E-state index contributed by atoms with van der Waals surface area (Å²) in [7, 11) is 1.67. The topological polar surface area (TPSA) is 47.6 Å². The summed E-state index contributed by atoms with van der Waals surface area (Å²) in [5.74, 6) is -0.188. The van der Waals surface area contributed by atoms with E-state index in [9.17, 15) is 4.79 Å². The SMILES string of the molecule is CCOC(=O)C1(Nc2ccccc2C)CC(OC)C1. The Balaban J connectivity index is 2.16. The van der Waals surface area contributed by atoms with Crippen molar-refractivity contribution in [3.05, 3.63) is 29.8 Å². The summed E-state index contributed by atoms with van der Waals surface area (Å²) in [4.78, 5) is 12.2. The van der Waals surface area contributed by atoms with Crippen LogP contribution >= 0.6 is 0 Å². The molecule has 0 unspecified atom stereocenters. The molecule has 1 aliphatic carbocycles. The summed E-state index contributed by atoms with van der Waals surface area (Å²) in [6.45, 7) is 4.24. The summed E-state index contributed by atoms with van der Waals surface area (Å²) in [5, 5.41) is 3.35. The van der Waals surface area contributed by atoms with Gasteiger partial charge in [0.1, 0.15) is 5.54 Å². The van der Waals surface area contributed by atoms with Crippen molar-refractivity contribution in [1.29, 1.82) is 0 Å². The summed E-state index contributed by atoms with van der Waals surface area (Å²) in [6, 6.07) is 7.95. The monoisotopic (exact) mass is 263 g/mol. The maximum Gasteiger partial charge on any atom is 0.331 e. The number of ether oxygens (including phenoxy) is 2. The minimum Gasteiger partial charge on any atom is -0.464 e. The molecule has 4 nitrogen and oxygen atoms in total. The molecule has 0 aliphatic heterocycles. The summed E-state index contributed by atoms with van der Waals surface area (Å²) in [5.41, 5.74) is 1.46. The average Bonchev–Trinajstić information content (AvgIpc) is 2.35. The Morgan fingerprint density at radius 3 is 2.68 bits per heavy atom. The fourth-order valence-corrected chi connectivity index (χ4v) is 2.44. The van der Waals surface area contributed by atoms with Gasteiger partial charge in [0.05, 0.1) is 12.7 Å². The van der Waals surface area contributed by atoms with Crippen molar-refractivity contribution in [1.82, 2.24) is 0 Å². The molecule has 0 atom stereocenters. The van der Waals surface area contributed by atoms with Gasteiger partial charge in [0.2, 0.25) is 0 Å². The van der Waals surface area contributed by atoms with Crippen molar-refractivity contribution in [3.63, 3.8) is 0 Å². The third-order valence-corrected chi connectivity index (χ3v) is 3.67. The van der Waals surface area contributed by atoms with Gasteiger partial charge in [0.25, 0.3) is 0 Å². The van der Waals surface area contributed by atoms with Crippen LogP contribution in [0.25, 0.3) is 0 Å². The van der Waals surface area contributed by atoms with Gasteiger partial charge in [-0.2, -0.15) is 0 Å². The zero-order valence-electron chi connectivity index (χ0n) is 11.7. The van der Waals surface area contributed by atoms with Gasteiger partial charge in [0.15, 0.2) is 0 Å². The van der Waals surface area contributed by atoms with Crippen molar-refractivity contribution in [3.8, 4) is 0 Å². The van der Waals surface area contributed by atoms with Gasteiger partial charge in [-0.3, -0.25) is 0 Å². The Labute approximate surface area is 114 Å². The largest absolute Gasteiger partial charge is 0.464 e. The van der Waals surface area contributed by atoms with Crippen molar-refractivity contribution >= 4 is 11.7 Å². The molecule has 0 radical (unpaired) electrons. The van der Waals surface area contributed by atoms with E-state index < -0.39 is 5.54 Å². The van der Waals surface area contributed by atoms with Crippen LogP contribution in [0.3, 0.4) is 0 Å². The first-order valence-corrected chi connectivity index (χ1v) is 6.65. The number of hydrogen-bond donors (Lipinski definition) is 1. The van der Waals surface area contributed by atoms with Crippen LogP contribution in [0, 0.1) is 6.92 Å². The van der Waals surface area contributed by atoms with Crippen LogP contribution in [-0.2, 0) is 14.3 Å². The first-order chi connectivity index (χ1) is 9.11. The number of aryl methyl sites for hydroxylation is 1. The van der Waals surface area contributed by atoms with E-state index in [0.717, 1.165) is 11.3 Å². The molecule has 19 heavy (non-hydrogen) atoms. The fraction of sp³-hybridized carbons (Fsp3) is 0.533. The molecule has 1 N–H and O–H groups in total. The molecule has 0 heterocycles. The lowest BCUT2D eigenvalue weighted by molar-refractivity contribution is -0.157. The predicted molar refractivity (Wildman–Crippen MR) is 74.2 cm³/mol. The minimum atomic E-state index is -0.636. The van der Waals surface area contributed by atoms with Crippen LogP contribution in [0.1, 0.15) is 25.3 Å². The first kappa shape index (κ1) is 13.9. The van der Waals surface area contributed by atoms with Crippen LogP contribution in [0.5, 0.6) is 0 Å². The van der Waals surface area contributed by atoms with E-state index in [1.807, 2.05) is 38.1 Å². The molecule has 0 bridgehead atoms. The molecule has 0 saturated heterocycles. The van der Waals surface area contributed by atoms with E-state index in [-0.39, 0.29) is 12.1 Å². The second-order valence-electron chi connectivity index (χ2n) is 5.01. The van der Waals surface area contributed by atoms with Gasteiger partial charge in [-0.15, -0.1) is 0 Å². The highest BCUT2D eigenvalue weighted by Gasteiger charge is 2.52. The van der Waals surface area contributed by atoms with E-state index in [4.69, 9.17) is 9.47 Å². The molecule has 2 rings (SSSR count). The predicted octanol–water partition coefficient (Wildman–Crippen LogP) is 2.52. The molecule has 0 amide bonds. The second kappa shape index (κ2) is 5.61. The zero-order valence-corrected chi connectivity index (χ0v) is 11.7. The van der Waals surface area contributed by atoms with Crippen molar-refractivity contribution in [2.24, 2.45) is 0 Å². The lowest BCUT2D eigenvalue weighted by atomic mass is 9.73. The Morgan fingerprint density at radius 1 is 1.42 bits per heavy atom. The number of methoxy groups -OCH3 is 1. The molecular weight excluding hydrogens is 242 g/mol. The Bertz CT molecular complexity index is 452. The van der Waals surface area contributed by atoms with Crippen molar-refractivity contribution < 1.29 is 14.3 Å². The highest BCUT2D eigenvalue weighted by atomic mass is 16.5. The number of benzene rings is 1. The van der Waals surface area contributed by atoms with Crippen molar-refractivity contribution in [2.45, 2.75) is 38.3 Å². The zero-order chi connectivity index (χ0) is 13.9. The Kier molecular flexibility index (Phi) is 4.10. The summed E-state index contributed by atoms with van der Waals surface area (Å²) < 4.78 is 10.5. The van der Waals surface area contributed by atoms with Crippen molar-refractivity contribution in [2.75, 3.05) is 19.0 Å². The van der Waals surface area contributed by atoms with Crippen LogP contribution in [-0.4, -0.2) is 31.3 Å². The van der Waals surface area contributed by atoms with Gasteiger partial charge in [-0.1, -0.05) is 18.2 Å². The van der Waals surface area contributed by atoms with E-state index in [1.165, 1.54) is 0 Å². The van der Waals surface area contributed by atoms with Gasteiger partial charge < -0.3 is 14.8 Å². The van der Waals surface area contributed by atoms with Gasteiger partial charge in [0, 0.05) is 25.6 Å². The number of para-hydroxylation sites is 1. The van der Waals surface area contributed by atoms with Crippen LogP contribution in [0.15, 0.2) is 24.3 Å². The molecule has 0 aromatic heterocycles. The number of nitrogens with one attached hydrogen (secondary N) is 1. The number of carbonyl (C=O) groups is 1. The average molecular weight is 263 g/mol. The maximum absolute atomic E-state index is 12.2. The summed E-state index contributed by atoms with van der Waals surface area (Å²) >= 11 is 0. The molecule has 0 spiro atoms. The van der Waals surface area contributed by atoms with E-state index in [2.05, 4.69) is 5.32 Å². The third kappa shape index (κ3) is 2.73. The van der Waals surface area contributed by atoms with Gasteiger partial charge in [-0.05, 0) is 25.5 Å². The molecular formula is C15H21NO3. The van der Waals surface area contributed by atoms with Gasteiger partial charge >= 0.3 is 5.97 Å². The number of hydrogen-bond acceptors (Lipinski definition) is 4. The van der Waals surface area contributed by atoms with Gasteiger partial charge in [-0.25, -0.2) is 4.79 Å². The fourth-order valence-electron chi connectivity index (χ4n) is 2.44. The molecule has 1 fully saturated rings. The Hall–Kier alpha value is -1.55. The molecule has 4 heteroatoms. The number of rotatable bonds is 5. The quantitative estimate of drug-likeness (QED) is 0.829. The number of esters is 1. The highest BCUT2D eigenvalue weighted by molar-refractivity contribution is 5.86. The molecule has 1 aliphatic rings. The lowest BCUT2D eigenvalue weighted by Crippen LogP contribution is -2.60. The molecule has 1 saturated carbocycles. The highest BCUT2D eigenvalue weighted by Crippen LogP contribution is 2.39. The van der Waals surface area contributed by atoms with Crippen LogP contribution in [0.2, 0.25) is 0 Å². The second-order valence-corrected chi connectivity index (χ2v) is 5.01. The number of carbonyl (C=O) groups excluding carboxylic acids is 1. The summed E-state index contributed by atoms with van der Waals surface area (Å²) in [6.07, 6.45) is 1.42. The first-order valence-electron chi connectivity index (χ1n) is 6.65. The third-order valence-electron chi connectivity index (χ3n) is 3.67. The molecule has 1 aromatic rings. The normalized spacial score (nSPS) is 25.5. The van der Waals surface area contributed by atoms with Crippen LogP contribution < -0.4 is 5.32 Å². The molecule has 1 aromatic carbocycles.